The van der Waals surface area contributed by atoms with Crippen LogP contribution in [0.15, 0.2) is 0 Å². The number of amides is 1. The summed E-state index contributed by atoms with van der Waals surface area (Å²) >= 11 is 0. The van der Waals surface area contributed by atoms with Gasteiger partial charge in [-0.05, 0) is 38.1 Å². The Hall–Kier alpha value is -0.570. The molecule has 1 amide bonds. The second-order valence-corrected chi connectivity index (χ2v) is 6.22. The van der Waals surface area contributed by atoms with E-state index in [4.69, 9.17) is 0 Å². The van der Waals surface area contributed by atoms with E-state index in [1.54, 1.807) is 0 Å². The Labute approximate surface area is 111 Å². The van der Waals surface area contributed by atoms with E-state index < -0.39 is 0 Å². The lowest BCUT2D eigenvalue weighted by molar-refractivity contribution is -0.136. The van der Waals surface area contributed by atoms with Crippen molar-refractivity contribution in [2.75, 3.05) is 20.1 Å². The highest BCUT2D eigenvalue weighted by Gasteiger charge is 2.28. The molecular formula is C15H28N2O. The first kappa shape index (κ1) is 13.9. The van der Waals surface area contributed by atoms with E-state index in [0.29, 0.717) is 5.91 Å². The molecule has 2 fully saturated rings. The molecule has 0 radical (unpaired) electrons. The molecule has 1 unspecified atom stereocenters. The van der Waals surface area contributed by atoms with Gasteiger partial charge in [-0.25, -0.2) is 0 Å². The molecule has 2 aliphatic rings. The maximum Gasteiger partial charge on any atom is 0.239 e. The van der Waals surface area contributed by atoms with Gasteiger partial charge in [0.15, 0.2) is 0 Å². The number of likely N-dealkylation sites (tertiary alicyclic amines) is 1. The highest BCUT2D eigenvalue weighted by Crippen LogP contribution is 2.30. The quantitative estimate of drug-likeness (QED) is 0.833. The van der Waals surface area contributed by atoms with Gasteiger partial charge in [-0.1, -0.05) is 32.6 Å². The van der Waals surface area contributed by atoms with Crippen LogP contribution in [0.2, 0.25) is 0 Å². The second kappa shape index (κ2) is 6.55. The zero-order valence-electron chi connectivity index (χ0n) is 12.0. The fourth-order valence-corrected chi connectivity index (χ4v) is 3.39. The minimum Gasteiger partial charge on any atom is -0.341 e. The number of hydrogen-bond donors (Lipinski definition) is 1. The van der Waals surface area contributed by atoms with Crippen LogP contribution in [0.1, 0.15) is 51.9 Å². The molecule has 2 rings (SSSR count). The number of nitrogens with zero attached hydrogens (tertiary/aromatic N) is 1. The molecule has 1 heterocycles. The summed E-state index contributed by atoms with van der Waals surface area (Å²) in [6.07, 6.45) is 8.90. The standard InChI is InChI=1S/C15H28N2O/c1-12-5-7-13(8-6-12)9-11-17-10-3-4-14(16-2)15(17)18/h12-14,16H,3-11H2,1-2H3. The molecule has 1 saturated carbocycles. The molecule has 1 N–H and O–H groups in total. The summed E-state index contributed by atoms with van der Waals surface area (Å²) in [4.78, 5) is 14.2. The first-order valence-electron chi connectivity index (χ1n) is 7.66. The number of carbonyl (C=O) groups is 1. The van der Waals surface area contributed by atoms with E-state index in [1.165, 1.54) is 32.1 Å². The molecule has 0 aromatic rings. The third-order valence-electron chi connectivity index (χ3n) is 4.82. The van der Waals surface area contributed by atoms with Crippen LogP contribution in [0.25, 0.3) is 0 Å². The normalized spacial score (nSPS) is 33.8. The minimum atomic E-state index is 0.0742. The summed E-state index contributed by atoms with van der Waals surface area (Å²) in [5.41, 5.74) is 0. The smallest absolute Gasteiger partial charge is 0.239 e. The number of likely N-dealkylation sites (N-methyl/N-ethyl adjacent to an activating group) is 1. The van der Waals surface area contributed by atoms with Crippen molar-refractivity contribution in [3.63, 3.8) is 0 Å². The van der Waals surface area contributed by atoms with E-state index in [1.807, 2.05) is 7.05 Å². The van der Waals surface area contributed by atoms with E-state index in [9.17, 15) is 4.79 Å². The lowest BCUT2D eigenvalue weighted by Crippen LogP contribution is -2.50. The van der Waals surface area contributed by atoms with Crippen molar-refractivity contribution in [1.82, 2.24) is 10.2 Å². The summed E-state index contributed by atoms with van der Waals surface area (Å²) in [7, 11) is 1.90. The van der Waals surface area contributed by atoms with Crippen molar-refractivity contribution >= 4 is 5.91 Å². The molecule has 0 spiro atoms. The van der Waals surface area contributed by atoms with Crippen LogP contribution in [-0.2, 0) is 4.79 Å². The van der Waals surface area contributed by atoms with E-state index in [2.05, 4.69) is 17.1 Å². The minimum absolute atomic E-state index is 0.0742. The molecule has 3 nitrogen and oxygen atoms in total. The van der Waals surface area contributed by atoms with Gasteiger partial charge < -0.3 is 10.2 Å². The van der Waals surface area contributed by atoms with Gasteiger partial charge in [0.2, 0.25) is 5.91 Å². The van der Waals surface area contributed by atoms with Crippen LogP contribution in [-0.4, -0.2) is 37.0 Å². The maximum atomic E-state index is 12.1. The molecule has 1 aliphatic heterocycles. The van der Waals surface area contributed by atoms with Gasteiger partial charge in [0.25, 0.3) is 0 Å². The van der Waals surface area contributed by atoms with Crippen LogP contribution in [0.4, 0.5) is 0 Å². The Morgan fingerprint density at radius 1 is 1.22 bits per heavy atom. The molecular weight excluding hydrogens is 224 g/mol. The Balaban J connectivity index is 1.74. The third-order valence-corrected chi connectivity index (χ3v) is 4.82. The molecule has 104 valence electrons. The summed E-state index contributed by atoms with van der Waals surface area (Å²) in [5.74, 6) is 2.11. The fourth-order valence-electron chi connectivity index (χ4n) is 3.39. The Bertz CT molecular complexity index is 272. The van der Waals surface area contributed by atoms with E-state index in [0.717, 1.165) is 37.8 Å². The van der Waals surface area contributed by atoms with Crippen LogP contribution < -0.4 is 5.32 Å². The van der Waals surface area contributed by atoms with Crippen LogP contribution in [0.5, 0.6) is 0 Å². The third kappa shape index (κ3) is 3.47. The van der Waals surface area contributed by atoms with Crippen molar-refractivity contribution in [3.8, 4) is 0 Å². The molecule has 3 heteroatoms. The van der Waals surface area contributed by atoms with Gasteiger partial charge in [-0.15, -0.1) is 0 Å². The Morgan fingerprint density at radius 3 is 2.61 bits per heavy atom. The Morgan fingerprint density at radius 2 is 1.94 bits per heavy atom. The lowest BCUT2D eigenvalue weighted by atomic mass is 9.81. The number of piperidine rings is 1. The summed E-state index contributed by atoms with van der Waals surface area (Å²) in [6, 6.07) is 0.0742. The van der Waals surface area contributed by atoms with Crippen molar-refractivity contribution < 1.29 is 4.79 Å². The van der Waals surface area contributed by atoms with E-state index in [-0.39, 0.29) is 6.04 Å². The van der Waals surface area contributed by atoms with Gasteiger partial charge >= 0.3 is 0 Å². The zero-order valence-corrected chi connectivity index (χ0v) is 12.0. The van der Waals surface area contributed by atoms with Crippen LogP contribution >= 0.6 is 0 Å². The fraction of sp³-hybridized carbons (Fsp3) is 0.933. The molecule has 0 bridgehead atoms. The number of hydrogen-bond acceptors (Lipinski definition) is 2. The summed E-state index contributed by atoms with van der Waals surface area (Å²) < 4.78 is 0. The van der Waals surface area contributed by atoms with Crippen molar-refractivity contribution in [1.29, 1.82) is 0 Å². The largest absolute Gasteiger partial charge is 0.341 e. The number of carbonyl (C=O) groups excluding carboxylic acids is 1. The monoisotopic (exact) mass is 252 g/mol. The SMILES string of the molecule is CNC1CCCN(CCC2CCC(C)CC2)C1=O. The molecule has 1 saturated heterocycles. The first-order chi connectivity index (χ1) is 8.70. The van der Waals surface area contributed by atoms with Gasteiger partial charge in [-0.2, -0.15) is 0 Å². The average Bonchev–Trinajstić information content (AvgIpc) is 2.39. The van der Waals surface area contributed by atoms with Crippen LogP contribution in [0, 0.1) is 11.8 Å². The zero-order chi connectivity index (χ0) is 13.0. The van der Waals surface area contributed by atoms with Crippen LogP contribution in [0.3, 0.4) is 0 Å². The maximum absolute atomic E-state index is 12.1. The molecule has 1 atom stereocenters. The lowest BCUT2D eigenvalue weighted by Gasteiger charge is -2.34. The van der Waals surface area contributed by atoms with Gasteiger partial charge in [0.05, 0.1) is 6.04 Å². The van der Waals surface area contributed by atoms with E-state index >= 15 is 0 Å². The highest BCUT2D eigenvalue weighted by atomic mass is 16.2. The van der Waals surface area contributed by atoms with Crippen molar-refractivity contribution in [2.24, 2.45) is 11.8 Å². The topological polar surface area (TPSA) is 32.3 Å². The summed E-state index contributed by atoms with van der Waals surface area (Å²) in [6.45, 7) is 4.32. The number of rotatable bonds is 4. The number of nitrogens with one attached hydrogen (secondary N) is 1. The molecule has 1 aliphatic carbocycles. The Kier molecular flexibility index (Phi) is 5.04. The molecule has 0 aromatic heterocycles. The predicted octanol–water partition coefficient (Wildman–Crippen LogP) is 2.41. The predicted molar refractivity (Wildman–Crippen MR) is 74.4 cm³/mol. The average molecular weight is 252 g/mol. The van der Waals surface area contributed by atoms with Crippen molar-refractivity contribution in [3.05, 3.63) is 0 Å². The highest BCUT2D eigenvalue weighted by molar-refractivity contribution is 5.82. The van der Waals surface area contributed by atoms with Gasteiger partial charge in [0.1, 0.15) is 0 Å². The summed E-state index contributed by atoms with van der Waals surface area (Å²) in [5, 5.41) is 3.14. The molecule has 18 heavy (non-hydrogen) atoms. The second-order valence-electron chi connectivity index (χ2n) is 6.22. The molecule has 0 aromatic carbocycles. The van der Waals surface area contributed by atoms with Crippen molar-refractivity contribution in [2.45, 2.75) is 57.9 Å². The van der Waals surface area contributed by atoms with Gasteiger partial charge in [0, 0.05) is 13.1 Å². The first-order valence-corrected chi connectivity index (χ1v) is 7.66. The van der Waals surface area contributed by atoms with Gasteiger partial charge in [-0.3, -0.25) is 4.79 Å².